The Morgan fingerprint density at radius 2 is 0.923 bits per heavy atom. The van der Waals surface area contributed by atoms with Crippen molar-refractivity contribution >= 4 is 128 Å². The first-order chi connectivity index (χ1) is 5.12. The van der Waals surface area contributed by atoms with Crippen molar-refractivity contribution in [3.63, 3.8) is 0 Å². The zero-order chi connectivity index (χ0) is 10.4. The molecular weight excluding hydrogens is 652 g/mol. The van der Waals surface area contributed by atoms with E-state index in [2.05, 4.69) is 0 Å². The molecule has 0 aliphatic rings. The molecule has 13 heavy (non-hydrogen) atoms. The molecule has 0 aliphatic carbocycles. The van der Waals surface area contributed by atoms with Gasteiger partial charge in [0.2, 0.25) is 0 Å². The summed E-state index contributed by atoms with van der Waals surface area (Å²) in [5.74, 6) is 0. The number of halogens is 4. The molecule has 0 amide bonds. The summed E-state index contributed by atoms with van der Waals surface area (Å²) in [7, 11) is 0. The summed E-state index contributed by atoms with van der Waals surface area (Å²) < 4.78 is -1.54. The number of hydrogen-bond acceptors (Lipinski definition) is 2. The Bertz CT molecular complexity index is 96.2. The largest absolute Gasteiger partial charge is 2.00 e. The van der Waals surface area contributed by atoms with Gasteiger partial charge in [-0.05, 0) is 16.1 Å². The summed E-state index contributed by atoms with van der Waals surface area (Å²) in [6, 6.07) is 0. The molecule has 0 heterocycles. The van der Waals surface area contributed by atoms with Crippen molar-refractivity contribution in [2.45, 2.75) is 29.9 Å². The van der Waals surface area contributed by atoms with Crippen molar-refractivity contribution < 1.29 is 10.2 Å². The molecule has 0 unspecified atom stereocenters. The minimum Gasteiger partial charge on any atom is -0.834 e. The molecule has 0 saturated carbocycles. The number of hydrogen-bond donors (Lipinski definition) is 0. The van der Waals surface area contributed by atoms with E-state index in [1.165, 1.54) is 0 Å². The van der Waals surface area contributed by atoms with Gasteiger partial charge in [0.25, 0.3) is 0 Å². The predicted octanol–water partition coefficient (Wildman–Crippen LogP) is 2.18. The van der Waals surface area contributed by atoms with Crippen LogP contribution in [0.15, 0.2) is 0 Å². The van der Waals surface area contributed by atoms with Crippen molar-refractivity contribution in [1.29, 1.82) is 0 Å². The topological polar surface area (TPSA) is 46.1 Å². The van der Waals surface area contributed by atoms with Gasteiger partial charge in [0.15, 0.2) is 0 Å². The summed E-state index contributed by atoms with van der Waals surface area (Å²) in [5.41, 5.74) is 0. The molecule has 0 saturated heterocycles. The Morgan fingerprint density at radius 1 is 0.846 bits per heavy atom. The van der Waals surface area contributed by atoms with Crippen molar-refractivity contribution in [1.82, 2.24) is 0 Å². The molecular formula is C6H10CaI4O2. The standard InChI is InChI=1S/2C3H5I2O.Ca/c2*1-2-3(4,5)6;/h2*2H2,1H3;/q2*-1;+2. The van der Waals surface area contributed by atoms with E-state index < -0.39 is 3.23 Å². The second-order valence-corrected chi connectivity index (χ2v) is 13.1. The minimum absolute atomic E-state index is 0. The molecule has 76 valence electrons. The Hall–Kier alpha value is 4.10. The molecule has 0 aromatic heterocycles. The fourth-order valence-corrected chi connectivity index (χ4v) is 0. The molecule has 0 spiro atoms. The van der Waals surface area contributed by atoms with Crippen LogP contribution in [0, 0.1) is 0 Å². The first-order valence-corrected chi connectivity index (χ1v) is 7.60. The maximum atomic E-state index is 10.4. The van der Waals surface area contributed by atoms with E-state index in [0.717, 1.165) is 0 Å². The third-order valence-corrected chi connectivity index (χ3v) is 3.87. The van der Waals surface area contributed by atoms with Crippen LogP contribution < -0.4 is 10.2 Å². The van der Waals surface area contributed by atoms with Gasteiger partial charge in [-0.25, -0.2) is 0 Å². The Morgan fingerprint density at radius 3 is 0.923 bits per heavy atom. The van der Waals surface area contributed by atoms with Gasteiger partial charge >= 0.3 is 37.7 Å². The number of alkyl halides is 4. The van der Waals surface area contributed by atoms with Gasteiger partial charge in [-0.1, -0.05) is 104 Å². The molecule has 2 nitrogen and oxygen atoms in total. The summed E-state index contributed by atoms with van der Waals surface area (Å²) in [6.07, 6.45) is 1.38. The van der Waals surface area contributed by atoms with Gasteiger partial charge in [0, 0.05) is 0 Å². The maximum Gasteiger partial charge on any atom is 2.00 e. The van der Waals surface area contributed by atoms with Crippen LogP contribution in [0.3, 0.4) is 0 Å². The smallest absolute Gasteiger partial charge is 0.834 e. The van der Waals surface area contributed by atoms with Crippen LogP contribution in [-0.4, -0.2) is 41.0 Å². The second kappa shape index (κ2) is 11.2. The molecule has 0 fully saturated rings. The first kappa shape index (κ1) is 22.3. The van der Waals surface area contributed by atoms with Crippen LogP contribution >= 0.6 is 90.4 Å². The normalized spacial score (nSPS) is 11.1. The molecule has 0 aromatic rings. The van der Waals surface area contributed by atoms with E-state index in [-0.39, 0.29) is 37.7 Å². The molecule has 0 radical (unpaired) electrons. The summed E-state index contributed by atoms with van der Waals surface area (Å²) in [4.78, 5) is 0. The van der Waals surface area contributed by atoms with Crippen molar-refractivity contribution in [2.24, 2.45) is 0 Å². The fourth-order valence-electron chi connectivity index (χ4n) is 0. The third-order valence-electron chi connectivity index (χ3n) is 0.823. The molecule has 0 N–H and O–H groups in total. The quantitative estimate of drug-likeness (QED) is 0.259. The zero-order valence-corrected chi connectivity index (χ0v) is 18.3. The third kappa shape index (κ3) is 31.4. The average Bonchev–Trinajstić information content (AvgIpc) is 1.86. The van der Waals surface area contributed by atoms with Crippen molar-refractivity contribution in [2.75, 3.05) is 0 Å². The van der Waals surface area contributed by atoms with Crippen LogP contribution in [0.4, 0.5) is 0 Å². The van der Waals surface area contributed by atoms with Gasteiger partial charge in [0.05, 0.1) is 0 Å². The van der Waals surface area contributed by atoms with Crippen LogP contribution in [0.2, 0.25) is 0 Å². The van der Waals surface area contributed by atoms with Gasteiger partial charge in [-0.2, -0.15) is 0 Å². The molecule has 0 atom stereocenters. The Labute approximate surface area is 164 Å². The van der Waals surface area contributed by atoms with Gasteiger partial charge in [-0.15, -0.1) is 0 Å². The van der Waals surface area contributed by atoms with E-state index in [9.17, 15) is 10.2 Å². The van der Waals surface area contributed by atoms with E-state index in [4.69, 9.17) is 0 Å². The van der Waals surface area contributed by atoms with Crippen LogP contribution in [0.1, 0.15) is 26.7 Å². The summed E-state index contributed by atoms with van der Waals surface area (Å²) in [6.45, 7) is 3.76. The van der Waals surface area contributed by atoms with Crippen LogP contribution in [0.25, 0.3) is 0 Å². The second-order valence-electron chi connectivity index (χ2n) is 1.98. The first-order valence-electron chi connectivity index (χ1n) is 3.29. The molecule has 0 aromatic carbocycles. The molecule has 7 heteroatoms. The average molecular weight is 662 g/mol. The SMILES string of the molecule is CCC([O-])(I)I.CCC([O-])(I)I.[Ca+2]. The molecule has 0 rings (SSSR count). The monoisotopic (exact) mass is 662 g/mol. The van der Waals surface area contributed by atoms with Gasteiger partial charge in [-0.3, -0.25) is 0 Å². The van der Waals surface area contributed by atoms with E-state index in [1.54, 1.807) is 0 Å². The zero-order valence-electron chi connectivity index (χ0n) is 7.45. The Balaban J connectivity index is -0.000000143. The molecule has 0 bridgehead atoms. The maximum absolute atomic E-state index is 10.4. The number of rotatable bonds is 2. The minimum atomic E-state index is -0.768. The van der Waals surface area contributed by atoms with Crippen LogP contribution in [0.5, 0.6) is 0 Å². The van der Waals surface area contributed by atoms with E-state index in [1.807, 2.05) is 104 Å². The van der Waals surface area contributed by atoms with Gasteiger partial charge < -0.3 is 10.2 Å². The fraction of sp³-hybridized carbons (Fsp3) is 1.00. The summed E-state index contributed by atoms with van der Waals surface area (Å²) >= 11 is 7.49. The summed E-state index contributed by atoms with van der Waals surface area (Å²) in [5, 5.41) is 20.9. The van der Waals surface area contributed by atoms with Gasteiger partial charge in [0.1, 0.15) is 0 Å². The Kier molecular flexibility index (Phi) is 19.2. The van der Waals surface area contributed by atoms with E-state index >= 15 is 0 Å². The van der Waals surface area contributed by atoms with E-state index in [0.29, 0.717) is 12.8 Å². The van der Waals surface area contributed by atoms with Crippen molar-refractivity contribution in [3.05, 3.63) is 0 Å². The van der Waals surface area contributed by atoms with Crippen molar-refractivity contribution in [3.8, 4) is 0 Å². The van der Waals surface area contributed by atoms with Crippen LogP contribution in [-0.2, 0) is 0 Å². The molecule has 0 aliphatic heterocycles. The predicted molar refractivity (Wildman–Crippen MR) is 87.9 cm³/mol.